The third kappa shape index (κ3) is 3.37. The van der Waals surface area contributed by atoms with Gasteiger partial charge < -0.3 is 0 Å². The van der Waals surface area contributed by atoms with Gasteiger partial charge in [0, 0.05) is 6.54 Å². The second kappa shape index (κ2) is 5.29. The van der Waals surface area contributed by atoms with Gasteiger partial charge in [0.1, 0.15) is 4.90 Å². The summed E-state index contributed by atoms with van der Waals surface area (Å²) in [6.45, 7) is 0.491. The van der Waals surface area contributed by atoms with Crippen molar-refractivity contribution >= 4 is 21.6 Å². The van der Waals surface area contributed by atoms with Crippen LogP contribution in [0.2, 0.25) is 5.28 Å². The lowest BCUT2D eigenvalue weighted by Crippen LogP contribution is -2.28. The maximum atomic E-state index is 11.9. The van der Waals surface area contributed by atoms with Crippen LogP contribution < -0.4 is 4.72 Å². The molecule has 1 aromatic rings. The molecule has 0 saturated heterocycles. The van der Waals surface area contributed by atoms with Crippen LogP contribution in [0.1, 0.15) is 25.7 Å². The van der Waals surface area contributed by atoms with Gasteiger partial charge >= 0.3 is 0 Å². The fourth-order valence-electron chi connectivity index (χ4n) is 1.96. The molecule has 0 atom stereocenters. The number of aromatic nitrogens is 2. The first kappa shape index (κ1) is 12.7. The van der Waals surface area contributed by atoms with Gasteiger partial charge in [0.2, 0.25) is 15.3 Å². The zero-order valence-corrected chi connectivity index (χ0v) is 10.8. The monoisotopic (exact) mass is 275 g/mol. The van der Waals surface area contributed by atoms with E-state index < -0.39 is 10.0 Å². The van der Waals surface area contributed by atoms with E-state index in [4.69, 9.17) is 11.6 Å². The van der Waals surface area contributed by atoms with E-state index in [1.807, 2.05) is 0 Å². The summed E-state index contributed by atoms with van der Waals surface area (Å²) in [6.07, 6.45) is 7.00. The lowest BCUT2D eigenvalue weighted by atomic mass is 10.1. The molecule has 0 unspecified atom stereocenters. The van der Waals surface area contributed by atoms with Crippen molar-refractivity contribution in [1.29, 1.82) is 0 Å². The lowest BCUT2D eigenvalue weighted by Gasteiger charge is -2.10. The van der Waals surface area contributed by atoms with Crippen molar-refractivity contribution in [2.45, 2.75) is 30.6 Å². The van der Waals surface area contributed by atoms with Crippen molar-refractivity contribution in [3.8, 4) is 0 Å². The van der Waals surface area contributed by atoms with E-state index in [2.05, 4.69) is 14.7 Å². The Morgan fingerprint density at radius 1 is 1.29 bits per heavy atom. The topological polar surface area (TPSA) is 72.0 Å². The largest absolute Gasteiger partial charge is 0.243 e. The fraction of sp³-hybridized carbons (Fsp3) is 0.600. The van der Waals surface area contributed by atoms with Gasteiger partial charge in [-0.2, -0.15) is 0 Å². The normalized spacial score (nSPS) is 17.5. The van der Waals surface area contributed by atoms with Crippen LogP contribution in [0.15, 0.2) is 17.3 Å². The number of halogens is 1. The molecule has 1 fully saturated rings. The highest BCUT2D eigenvalue weighted by atomic mass is 35.5. The smallest absolute Gasteiger partial charge is 0.225 e. The molecule has 2 rings (SSSR count). The lowest BCUT2D eigenvalue weighted by molar-refractivity contribution is 0.519. The molecule has 0 spiro atoms. The molecular weight excluding hydrogens is 262 g/mol. The first-order valence-corrected chi connectivity index (χ1v) is 7.41. The minimum Gasteiger partial charge on any atom is -0.225 e. The summed E-state index contributed by atoms with van der Waals surface area (Å²) in [5.41, 5.74) is 0. The molecule has 0 aliphatic heterocycles. The van der Waals surface area contributed by atoms with Crippen molar-refractivity contribution in [2.75, 3.05) is 6.54 Å². The predicted molar refractivity (Wildman–Crippen MR) is 64.2 cm³/mol. The summed E-state index contributed by atoms with van der Waals surface area (Å²) in [5.74, 6) is 0.456. The first-order valence-electron chi connectivity index (χ1n) is 5.55. The van der Waals surface area contributed by atoms with Gasteiger partial charge in [0.25, 0.3) is 0 Å². The molecule has 1 aliphatic rings. The average Bonchev–Trinajstić information content (AvgIpc) is 2.80. The molecule has 1 saturated carbocycles. The maximum absolute atomic E-state index is 11.9. The predicted octanol–water partition coefficient (Wildman–Crippen LogP) is 1.60. The quantitative estimate of drug-likeness (QED) is 0.847. The fourth-order valence-corrected chi connectivity index (χ4v) is 3.07. The van der Waals surface area contributed by atoms with Crippen LogP contribution in [-0.4, -0.2) is 24.9 Å². The zero-order valence-electron chi connectivity index (χ0n) is 9.26. The minimum absolute atomic E-state index is 0.0414. The summed E-state index contributed by atoms with van der Waals surface area (Å²) in [5, 5.41) is 0.0414. The molecule has 0 radical (unpaired) electrons. The summed E-state index contributed by atoms with van der Waals surface area (Å²) in [4.78, 5) is 7.38. The third-order valence-corrected chi connectivity index (χ3v) is 4.52. The molecule has 7 heteroatoms. The van der Waals surface area contributed by atoms with Gasteiger partial charge in [0.05, 0.1) is 12.4 Å². The van der Waals surface area contributed by atoms with Crippen LogP contribution in [-0.2, 0) is 10.0 Å². The summed E-state index contributed by atoms with van der Waals surface area (Å²) in [6, 6.07) is 0. The Balaban J connectivity index is 2.00. The standard InChI is InChI=1S/C10H14ClN3O2S/c11-10-12-6-9(7-13-10)17(15,16)14-5-8-3-1-2-4-8/h6-8,14H,1-5H2. The molecule has 0 amide bonds. The van der Waals surface area contributed by atoms with Gasteiger partial charge in [-0.1, -0.05) is 12.8 Å². The first-order chi connectivity index (χ1) is 8.08. The number of nitrogens with one attached hydrogen (secondary N) is 1. The number of hydrogen-bond acceptors (Lipinski definition) is 4. The Kier molecular flexibility index (Phi) is 3.96. The van der Waals surface area contributed by atoms with Gasteiger partial charge in [0.15, 0.2) is 0 Å². The number of hydrogen-bond donors (Lipinski definition) is 1. The van der Waals surface area contributed by atoms with Crippen LogP contribution >= 0.6 is 11.6 Å². The second-order valence-electron chi connectivity index (χ2n) is 4.19. The van der Waals surface area contributed by atoms with Crippen molar-refractivity contribution in [2.24, 2.45) is 5.92 Å². The molecule has 1 aliphatic carbocycles. The van der Waals surface area contributed by atoms with Gasteiger partial charge in [-0.05, 0) is 30.4 Å². The van der Waals surface area contributed by atoms with E-state index >= 15 is 0 Å². The zero-order chi connectivity index (χ0) is 12.3. The van der Waals surface area contributed by atoms with Crippen LogP contribution in [0.25, 0.3) is 0 Å². The highest BCUT2D eigenvalue weighted by molar-refractivity contribution is 7.89. The summed E-state index contributed by atoms with van der Waals surface area (Å²) in [7, 11) is -3.50. The summed E-state index contributed by atoms with van der Waals surface area (Å²) < 4.78 is 26.3. The van der Waals surface area contributed by atoms with Gasteiger partial charge in [-0.25, -0.2) is 23.1 Å². The molecule has 17 heavy (non-hydrogen) atoms. The molecule has 0 aromatic carbocycles. The van der Waals surface area contributed by atoms with E-state index in [1.54, 1.807) is 0 Å². The van der Waals surface area contributed by atoms with Crippen molar-refractivity contribution in [1.82, 2.24) is 14.7 Å². The third-order valence-electron chi connectivity index (χ3n) is 2.94. The second-order valence-corrected chi connectivity index (χ2v) is 6.30. The highest BCUT2D eigenvalue weighted by Crippen LogP contribution is 2.24. The molecule has 0 bridgehead atoms. The Morgan fingerprint density at radius 2 is 1.88 bits per heavy atom. The molecule has 1 N–H and O–H groups in total. The van der Waals surface area contributed by atoms with Gasteiger partial charge in [-0.3, -0.25) is 0 Å². The number of sulfonamides is 1. The molecule has 1 heterocycles. The Morgan fingerprint density at radius 3 is 2.47 bits per heavy atom. The maximum Gasteiger partial charge on any atom is 0.243 e. The van der Waals surface area contributed by atoms with Crippen LogP contribution in [0.5, 0.6) is 0 Å². The Bertz CT molecular complexity index is 469. The van der Waals surface area contributed by atoms with E-state index in [0.29, 0.717) is 12.5 Å². The molecule has 5 nitrogen and oxygen atoms in total. The van der Waals surface area contributed by atoms with E-state index in [9.17, 15) is 8.42 Å². The van der Waals surface area contributed by atoms with Gasteiger partial charge in [-0.15, -0.1) is 0 Å². The molecular formula is C10H14ClN3O2S. The average molecular weight is 276 g/mol. The number of nitrogens with zero attached hydrogens (tertiary/aromatic N) is 2. The molecule has 1 aromatic heterocycles. The van der Waals surface area contributed by atoms with E-state index in [1.165, 1.54) is 25.2 Å². The summed E-state index contributed by atoms with van der Waals surface area (Å²) >= 11 is 5.50. The van der Waals surface area contributed by atoms with E-state index in [-0.39, 0.29) is 10.2 Å². The number of rotatable bonds is 4. The van der Waals surface area contributed by atoms with Crippen LogP contribution in [0, 0.1) is 5.92 Å². The Labute approximate surface area is 106 Å². The SMILES string of the molecule is O=S(=O)(NCC1CCCC1)c1cnc(Cl)nc1. The van der Waals surface area contributed by atoms with Crippen molar-refractivity contribution in [3.63, 3.8) is 0 Å². The van der Waals surface area contributed by atoms with Crippen LogP contribution in [0.3, 0.4) is 0 Å². The highest BCUT2D eigenvalue weighted by Gasteiger charge is 2.20. The minimum atomic E-state index is -3.50. The van der Waals surface area contributed by atoms with Crippen LogP contribution in [0.4, 0.5) is 0 Å². The van der Waals surface area contributed by atoms with E-state index in [0.717, 1.165) is 12.8 Å². The van der Waals surface area contributed by atoms with Crippen molar-refractivity contribution in [3.05, 3.63) is 17.7 Å². The van der Waals surface area contributed by atoms with Crippen molar-refractivity contribution < 1.29 is 8.42 Å². The Hall–Kier alpha value is -0.720. The molecule has 94 valence electrons.